The van der Waals surface area contributed by atoms with Gasteiger partial charge in [-0.3, -0.25) is 23.4 Å². The van der Waals surface area contributed by atoms with Crippen molar-refractivity contribution in [2.24, 2.45) is 5.92 Å². The zero-order chi connectivity index (χ0) is 29.3. The van der Waals surface area contributed by atoms with Crippen LogP contribution in [0.2, 0.25) is 0 Å². The summed E-state index contributed by atoms with van der Waals surface area (Å²) >= 11 is 0. The Morgan fingerprint density at radius 3 is 2.74 bits per heavy atom. The molecule has 3 aliphatic rings. The van der Waals surface area contributed by atoms with E-state index in [1.54, 1.807) is 16.8 Å². The van der Waals surface area contributed by atoms with Crippen molar-refractivity contribution in [3.05, 3.63) is 35.3 Å². The summed E-state index contributed by atoms with van der Waals surface area (Å²) in [5.41, 5.74) is 11.3. The SMILES string of the molecule is Nc1nc2c(ncn2[C@@H]2OC3OCC[C@H]4[C@@H](O)[C@H](n5ccc6c(N)ncnc65)O[C@@H]4COP(=O)(O)O[C@@H]2[C@@H]3O)c(=O)[nH]1. The van der Waals surface area contributed by atoms with Crippen LogP contribution in [0.5, 0.6) is 0 Å². The number of aliphatic hydroxyl groups excluding tert-OH is 2. The molecule has 0 amide bonds. The van der Waals surface area contributed by atoms with Gasteiger partial charge in [-0.25, -0.2) is 19.5 Å². The average Bonchev–Trinajstić information content (AvgIpc) is 3.69. The Kier molecular flexibility index (Phi) is 6.53. The second-order valence-electron chi connectivity index (χ2n) is 10.1. The van der Waals surface area contributed by atoms with Crippen molar-refractivity contribution < 1.29 is 42.9 Å². The summed E-state index contributed by atoms with van der Waals surface area (Å²) in [5.74, 6) is -0.575. The van der Waals surface area contributed by atoms with Crippen LogP contribution >= 0.6 is 7.82 Å². The van der Waals surface area contributed by atoms with Crippen molar-refractivity contribution >= 4 is 41.8 Å². The number of hydrogen-bond donors (Lipinski definition) is 6. The van der Waals surface area contributed by atoms with Gasteiger partial charge >= 0.3 is 7.82 Å². The van der Waals surface area contributed by atoms with Crippen molar-refractivity contribution in [2.75, 3.05) is 24.7 Å². The number of imidazole rings is 1. The van der Waals surface area contributed by atoms with Crippen LogP contribution in [0.1, 0.15) is 18.9 Å². The van der Waals surface area contributed by atoms with Gasteiger partial charge in [0.2, 0.25) is 5.95 Å². The molecule has 9 atom stereocenters. The van der Waals surface area contributed by atoms with E-state index < -0.39 is 69.1 Å². The van der Waals surface area contributed by atoms with Crippen molar-refractivity contribution in [1.29, 1.82) is 0 Å². The Labute approximate surface area is 234 Å². The molecule has 0 radical (unpaired) electrons. The Bertz CT molecular complexity index is 1760. The van der Waals surface area contributed by atoms with Crippen LogP contribution in [-0.4, -0.2) is 93.1 Å². The number of nitrogen functional groups attached to an aromatic ring is 2. The Morgan fingerprint density at radius 1 is 1.07 bits per heavy atom. The predicted octanol–water partition coefficient (Wildman–Crippen LogP) is -1.26. The van der Waals surface area contributed by atoms with E-state index in [0.29, 0.717) is 11.0 Å². The fourth-order valence-corrected chi connectivity index (χ4v) is 6.57. The smallest absolute Gasteiger partial charge is 0.388 e. The zero-order valence-corrected chi connectivity index (χ0v) is 22.4. The van der Waals surface area contributed by atoms with Crippen LogP contribution in [0.4, 0.5) is 11.8 Å². The van der Waals surface area contributed by atoms with Gasteiger partial charge in [0.25, 0.3) is 5.56 Å². The van der Waals surface area contributed by atoms with Gasteiger partial charge in [-0.2, -0.15) is 4.98 Å². The number of aromatic amines is 1. The Hall–Kier alpha value is -3.52. The highest BCUT2D eigenvalue weighted by atomic mass is 31.2. The van der Waals surface area contributed by atoms with Gasteiger partial charge in [0.05, 0.1) is 31.0 Å². The largest absolute Gasteiger partial charge is 0.472 e. The summed E-state index contributed by atoms with van der Waals surface area (Å²) in [4.78, 5) is 41.5. The van der Waals surface area contributed by atoms with E-state index in [1.165, 1.54) is 17.2 Å². The minimum absolute atomic E-state index is 0.0106. The summed E-state index contributed by atoms with van der Waals surface area (Å²) < 4.78 is 44.4. The molecule has 8 N–H and O–H groups in total. The fourth-order valence-electron chi connectivity index (χ4n) is 5.63. The minimum atomic E-state index is -4.88. The third-order valence-corrected chi connectivity index (χ3v) is 8.61. The third kappa shape index (κ3) is 4.46. The van der Waals surface area contributed by atoms with Gasteiger partial charge in [-0.05, 0) is 12.5 Å². The number of phosphoric acid groups is 1. The molecule has 4 aromatic rings. The third-order valence-electron chi connectivity index (χ3n) is 7.62. The first-order valence-corrected chi connectivity index (χ1v) is 14.3. The molecule has 7 rings (SSSR count). The van der Waals surface area contributed by atoms with Gasteiger partial charge in [0, 0.05) is 12.1 Å². The van der Waals surface area contributed by atoms with Crippen molar-refractivity contribution in [2.45, 2.75) is 49.6 Å². The summed E-state index contributed by atoms with van der Waals surface area (Å²) in [5, 5.41) is 22.8. The molecule has 20 heteroatoms. The van der Waals surface area contributed by atoms with Crippen LogP contribution in [0.25, 0.3) is 22.2 Å². The average molecular weight is 607 g/mol. The molecule has 2 bridgehead atoms. The lowest BCUT2D eigenvalue weighted by Crippen LogP contribution is -2.37. The van der Waals surface area contributed by atoms with Gasteiger partial charge < -0.3 is 45.4 Å². The Balaban J connectivity index is 1.17. The van der Waals surface area contributed by atoms with Gasteiger partial charge in [-0.15, -0.1) is 0 Å². The first kappa shape index (κ1) is 27.3. The topological polar surface area (TPSA) is 270 Å². The zero-order valence-electron chi connectivity index (χ0n) is 21.5. The van der Waals surface area contributed by atoms with E-state index in [-0.39, 0.29) is 36.0 Å². The highest BCUT2D eigenvalue weighted by molar-refractivity contribution is 7.47. The van der Waals surface area contributed by atoms with E-state index >= 15 is 0 Å². The monoisotopic (exact) mass is 607 g/mol. The fraction of sp³-hybridized carbons (Fsp3) is 0.500. The molecular formula is C22H26N9O10P. The second kappa shape index (κ2) is 10.0. The van der Waals surface area contributed by atoms with E-state index in [2.05, 4.69) is 24.9 Å². The number of nitrogens with one attached hydrogen (secondary N) is 1. The van der Waals surface area contributed by atoms with Crippen LogP contribution < -0.4 is 17.0 Å². The lowest BCUT2D eigenvalue weighted by Gasteiger charge is -2.26. The lowest BCUT2D eigenvalue weighted by atomic mass is 9.95. The first-order chi connectivity index (χ1) is 20.1. The number of aliphatic hydroxyl groups is 2. The van der Waals surface area contributed by atoms with E-state index in [0.717, 1.165) is 0 Å². The number of fused-ring (bicyclic) bond motifs is 5. The first-order valence-electron chi connectivity index (χ1n) is 12.8. The van der Waals surface area contributed by atoms with Gasteiger partial charge in [0.15, 0.2) is 29.9 Å². The van der Waals surface area contributed by atoms with E-state index in [4.69, 9.17) is 34.7 Å². The maximum Gasteiger partial charge on any atom is 0.472 e. The van der Waals surface area contributed by atoms with Crippen LogP contribution in [-0.2, 0) is 27.8 Å². The normalized spacial score (nSPS) is 35.7. The van der Waals surface area contributed by atoms with Crippen molar-refractivity contribution in [1.82, 2.24) is 34.1 Å². The van der Waals surface area contributed by atoms with Gasteiger partial charge in [-0.1, -0.05) is 0 Å². The molecule has 3 aliphatic heterocycles. The molecule has 224 valence electrons. The minimum Gasteiger partial charge on any atom is -0.388 e. The molecule has 7 heterocycles. The van der Waals surface area contributed by atoms with E-state index in [9.17, 15) is 24.5 Å². The number of aromatic nitrogens is 7. The molecule has 0 aliphatic carbocycles. The molecule has 3 saturated heterocycles. The Morgan fingerprint density at radius 2 is 1.90 bits per heavy atom. The van der Waals surface area contributed by atoms with Crippen LogP contribution in [0, 0.1) is 5.92 Å². The summed E-state index contributed by atoms with van der Waals surface area (Å²) in [6.07, 6.45) is -4.30. The molecule has 0 spiro atoms. The number of rotatable bonds is 2. The second-order valence-corrected chi connectivity index (χ2v) is 11.5. The standard InChI is InChI=1S/C22H26N9O10P/c23-15-9-1-3-30(16(9)26-6-25-15)19-12(32)8-2-4-37-21-13(33)14(41-42(35,36)38-5-10(8)39-19)20(40-21)31-7-27-11-17(31)28-22(24)29-18(11)34/h1,3,6-8,10,12-14,19-21,32-33H,2,4-5H2,(H,35,36)(H2,23,25,26)(H3,24,28,29,34)/t8-,10-,12-,13+,14-,19-,20-,21?/m1/s1. The summed E-state index contributed by atoms with van der Waals surface area (Å²) in [7, 11) is -4.88. The molecule has 42 heavy (non-hydrogen) atoms. The summed E-state index contributed by atoms with van der Waals surface area (Å²) in [6, 6.07) is 1.69. The number of nitrogens with two attached hydrogens (primary N) is 2. The van der Waals surface area contributed by atoms with Crippen LogP contribution in [0.15, 0.2) is 29.7 Å². The molecular weight excluding hydrogens is 581 g/mol. The number of ether oxygens (including phenoxy) is 3. The number of H-pyrrole nitrogens is 1. The molecule has 0 saturated carbocycles. The predicted molar refractivity (Wildman–Crippen MR) is 139 cm³/mol. The van der Waals surface area contributed by atoms with Crippen molar-refractivity contribution in [3.8, 4) is 0 Å². The number of hydrogen-bond acceptors (Lipinski definition) is 15. The van der Waals surface area contributed by atoms with E-state index in [1.807, 2.05) is 0 Å². The molecule has 19 nitrogen and oxygen atoms in total. The van der Waals surface area contributed by atoms with Crippen LogP contribution in [0.3, 0.4) is 0 Å². The number of nitrogens with zero attached hydrogens (tertiary/aromatic N) is 6. The molecule has 3 fully saturated rings. The maximum absolute atomic E-state index is 13.1. The summed E-state index contributed by atoms with van der Waals surface area (Å²) in [6.45, 7) is -0.453. The molecule has 4 aromatic heterocycles. The van der Waals surface area contributed by atoms with Crippen molar-refractivity contribution in [3.63, 3.8) is 0 Å². The quantitative estimate of drug-likeness (QED) is 0.145. The molecule has 2 unspecified atom stereocenters. The molecule has 0 aromatic carbocycles. The maximum atomic E-state index is 13.1. The van der Waals surface area contributed by atoms with Gasteiger partial charge in [0.1, 0.15) is 36.1 Å². The lowest BCUT2D eigenvalue weighted by molar-refractivity contribution is -0.178. The highest BCUT2D eigenvalue weighted by Crippen LogP contribution is 2.51. The number of anilines is 2. The highest BCUT2D eigenvalue weighted by Gasteiger charge is 2.52. The number of phosphoric ester groups is 1.